The fourth-order valence-electron chi connectivity index (χ4n) is 3.02. The number of pyridine rings is 1. The summed E-state index contributed by atoms with van der Waals surface area (Å²) in [5.74, 6) is -0.0761. The summed E-state index contributed by atoms with van der Waals surface area (Å²) in [5.41, 5.74) is 2.87. The molecule has 0 unspecified atom stereocenters. The molecule has 1 N–H and O–H groups in total. The third-order valence-electron chi connectivity index (χ3n) is 4.26. The Labute approximate surface area is 183 Å². The number of amides is 1. The van der Waals surface area contributed by atoms with Crippen molar-refractivity contribution in [3.05, 3.63) is 97.3 Å². The maximum Gasteiger partial charge on any atom is 0.288 e. The Kier molecular flexibility index (Phi) is 6.49. The standard InChI is InChI=1S/C23H18N2O.Y/c26-23(24-22-14-6-11-19-10-4-5-13-21(19)22)17-25-15-7-12-20(16-25)18-8-2-1-3-9-18;/h1-15H,17H2,(H,24,26);. The summed E-state index contributed by atoms with van der Waals surface area (Å²) in [6.07, 6.45) is 5.13. The zero-order chi connectivity index (χ0) is 17.8. The topological polar surface area (TPSA) is 33.0 Å². The minimum Gasteiger partial charge on any atom is -0.320 e. The summed E-state index contributed by atoms with van der Waals surface area (Å²) < 4.78 is 1.78. The van der Waals surface area contributed by atoms with Gasteiger partial charge in [-0.05, 0) is 11.5 Å². The number of fused-ring (bicyclic) bond motifs is 1. The van der Waals surface area contributed by atoms with Gasteiger partial charge in [-0.1, -0.05) is 83.9 Å². The van der Waals surface area contributed by atoms with Crippen LogP contribution >= 0.6 is 0 Å². The molecule has 0 spiro atoms. The predicted molar refractivity (Wildman–Crippen MR) is 103 cm³/mol. The van der Waals surface area contributed by atoms with E-state index in [4.69, 9.17) is 0 Å². The van der Waals surface area contributed by atoms with Crippen molar-refractivity contribution in [2.24, 2.45) is 0 Å². The fraction of sp³-hybridized carbons (Fsp3) is 0.0435. The Bertz CT molecular complexity index is 1060. The van der Waals surface area contributed by atoms with E-state index in [1.807, 2.05) is 91.1 Å². The number of carbonyl (C=O) groups excluding carboxylic acids is 1. The molecule has 0 atom stereocenters. The molecule has 1 amide bonds. The van der Waals surface area contributed by atoms with Crippen molar-refractivity contribution >= 4 is 22.4 Å². The summed E-state index contributed by atoms with van der Waals surface area (Å²) in [5, 5.41) is 5.16. The number of carbonyl (C=O) groups is 1. The van der Waals surface area contributed by atoms with Crippen LogP contribution in [-0.2, 0) is 44.0 Å². The molecule has 1 aromatic heterocycles. The molecule has 0 bridgehead atoms. The molecule has 1 heterocycles. The van der Waals surface area contributed by atoms with Gasteiger partial charge in [0.05, 0.1) is 6.20 Å². The van der Waals surface area contributed by atoms with E-state index < -0.39 is 0 Å². The van der Waals surface area contributed by atoms with Gasteiger partial charge in [0.25, 0.3) is 5.91 Å². The number of benzene rings is 3. The first-order valence-corrected chi connectivity index (χ1v) is 8.54. The smallest absolute Gasteiger partial charge is 0.288 e. The van der Waals surface area contributed by atoms with Gasteiger partial charge in [-0.15, -0.1) is 6.07 Å². The molecule has 4 rings (SSSR count). The van der Waals surface area contributed by atoms with E-state index >= 15 is 0 Å². The van der Waals surface area contributed by atoms with Crippen molar-refractivity contribution in [1.29, 1.82) is 0 Å². The van der Waals surface area contributed by atoms with Crippen molar-refractivity contribution in [1.82, 2.24) is 0 Å². The number of nitrogens with zero attached hydrogens (tertiary/aromatic N) is 1. The van der Waals surface area contributed by atoms with Gasteiger partial charge < -0.3 is 5.32 Å². The van der Waals surface area contributed by atoms with E-state index in [-0.39, 0.29) is 45.2 Å². The van der Waals surface area contributed by atoms with Gasteiger partial charge in [-0.3, -0.25) is 9.36 Å². The van der Waals surface area contributed by atoms with E-state index in [1.54, 1.807) is 4.57 Å². The normalized spacial score (nSPS) is 10.2. The van der Waals surface area contributed by atoms with Crippen LogP contribution in [0.3, 0.4) is 0 Å². The van der Waals surface area contributed by atoms with Crippen molar-refractivity contribution < 1.29 is 42.1 Å². The molecule has 0 aliphatic rings. The van der Waals surface area contributed by atoms with Crippen molar-refractivity contribution in [3.8, 4) is 11.1 Å². The number of anilines is 1. The molecule has 0 aliphatic heterocycles. The van der Waals surface area contributed by atoms with Crippen LogP contribution in [0.25, 0.3) is 21.9 Å². The van der Waals surface area contributed by atoms with Gasteiger partial charge in [0.15, 0.2) is 6.20 Å². The Morgan fingerprint density at radius 1 is 0.852 bits per heavy atom. The van der Waals surface area contributed by atoms with E-state index in [0.717, 1.165) is 27.6 Å². The minimum absolute atomic E-state index is 0. The average molecular weight is 427 g/mol. The molecule has 0 saturated carbocycles. The van der Waals surface area contributed by atoms with Gasteiger partial charge in [0, 0.05) is 43.8 Å². The van der Waals surface area contributed by atoms with Gasteiger partial charge in [-0.2, -0.15) is 0 Å². The quantitative estimate of drug-likeness (QED) is 0.384. The van der Waals surface area contributed by atoms with Gasteiger partial charge in [0.1, 0.15) is 0 Å². The number of hydrogen-bond acceptors (Lipinski definition) is 1. The first-order chi connectivity index (χ1) is 12.8. The maximum absolute atomic E-state index is 12.5. The first kappa shape index (κ1) is 19.4. The number of nitrogens with one attached hydrogen (secondary N) is 1. The molecule has 129 valence electrons. The zero-order valence-electron chi connectivity index (χ0n) is 14.8. The van der Waals surface area contributed by atoms with Crippen LogP contribution in [0.4, 0.5) is 5.69 Å². The van der Waals surface area contributed by atoms with Crippen molar-refractivity contribution in [2.75, 3.05) is 5.32 Å². The predicted octanol–water partition coefficient (Wildman–Crippen LogP) is 4.23. The van der Waals surface area contributed by atoms with E-state index in [2.05, 4.69) is 11.5 Å². The van der Waals surface area contributed by atoms with E-state index in [1.165, 1.54) is 0 Å². The second-order valence-corrected chi connectivity index (χ2v) is 6.10. The summed E-state index contributed by atoms with van der Waals surface area (Å²) in [4.78, 5) is 12.5. The second kappa shape index (κ2) is 9.03. The summed E-state index contributed by atoms with van der Waals surface area (Å²) >= 11 is 0. The van der Waals surface area contributed by atoms with E-state index in [0.29, 0.717) is 0 Å². The van der Waals surface area contributed by atoms with Crippen LogP contribution in [0, 0.1) is 6.20 Å². The van der Waals surface area contributed by atoms with Gasteiger partial charge in [-0.25, -0.2) is 0 Å². The van der Waals surface area contributed by atoms with Crippen LogP contribution in [0.5, 0.6) is 0 Å². The van der Waals surface area contributed by atoms with Gasteiger partial charge >= 0.3 is 0 Å². The molecule has 0 aliphatic carbocycles. The molecular formula is C23H18N2OY. The molecule has 0 saturated heterocycles. The molecule has 0 fully saturated rings. The largest absolute Gasteiger partial charge is 0.320 e. The SMILES string of the molecule is O=C(C[n+]1[c-]c(-c2ccccc2)ccc1)Nc1cccc2ccccc12.[Y]. The maximum atomic E-state index is 12.5. The molecule has 3 nitrogen and oxygen atoms in total. The van der Waals surface area contributed by atoms with Crippen molar-refractivity contribution in [3.63, 3.8) is 0 Å². The Morgan fingerprint density at radius 2 is 1.59 bits per heavy atom. The monoisotopic (exact) mass is 427 g/mol. The first-order valence-electron chi connectivity index (χ1n) is 8.54. The van der Waals surface area contributed by atoms with Crippen LogP contribution in [0.1, 0.15) is 0 Å². The summed E-state index contributed by atoms with van der Waals surface area (Å²) in [7, 11) is 0. The molecule has 1 radical (unpaired) electrons. The van der Waals surface area contributed by atoms with Crippen LogP contribution in [0.15, 0.2) is 91.1 Å². The molecular weight excluding hydrogens is 409 g/mol. The van der Waals surface area contributed by atoms with Crippen LogP contribution in [-0.4, -0.2) is 5.91 Å². The van der Waals surface area contributed by atoms with Crippen LogP contribution in [0.2, 0.25) is 0 Å². The molecule has 27 heavy (non-hydrogen) atoms. The molecule has 4 heteroatoms. The fourth-order valence-corrected chi connectivity index (χ4v) is 3.02. The van der Waals surface area contributed by atoms with Gasteiger partial charge in [0.2, 0.25) is 6.54 Å². The number of rotatable bonds is 4. The van der Waals surface area contributed by atoms with E-state index in [9.17, 15) is 4.79 Å². The molecule has 4 aromatic rings. The third kappa shape index (κ3) is 4.68. The summed E-state index contributed by atoms with van der Waals surface area (Å²) in [6, 6.07) is 27.9. The Morgan fingerprint density at radius 3 is 2.44 bits per heavy atom. The number of hydrogen-bond donors (Lipinski definition) is 1. The number of aromatic nitrogens is 1. The minimum atomic E-state index is -0.0761. The zero-order valence-corrected chi connectivity index (χ0v) is 17.6. The van der Waals surface area contributed by atoms with Crippen LogP contribution < -0.4 is 9.88 Å². The van der Waals surface area contributed by atoms with Crippen molar-refractivity contribution in [2.45, 2.75) is 6.54 Å². The Balaban J connectivity index is 0.00000210. The average Bonchev–Trinajstić information content (AvgIpc) is 2.69. The third-order valence-corrected chi connectivity index (χ3v) is 4.26. The molecule has 3 aromatic carbocycles. The second-order valence-electron chi connectivity index (χ2n) is 6.10. The summed E-state index contributed by atoms with van der Waals surface area (Å²) in [6.45, 7) is 0.212. The Hall–Kier alpha value is -2.36.